The van der Waals surface area contributed by atoms with E-state index in [-0.39, 0.29) is 11.8 Å². The summed E-state index contributed by atoms with van der Waals surface area (Å²) in [4.78, 5) is 17.2. The fourth-order valence-corrected chi connectivity index (χ4v) is 5.38. The summed E-state index contributed by atoms with van der Waals surface area (Å²) in [5.74, 6) is 0.694. The van der Waals surface area contributed by atoms with Crippen molar-refractivity contribution < 1.29 is 4.79 Å². The van der Waals surface area contributed by atoms with E-state index >= 15 is 0 Å². The van der Waals surface area contributed by atoms with Gasteiger partial charge < -0.3 is 5.32 Å². The lowest BCUT2D eigenvalue weighted by Gasteiger charge is -2.24. The molecule has 1 atom stereocenters. The quantitative estimate of drug-likeness (QED) is 0.366. The molecule has 1 aliphatic rings. The largest absolute Gasteiger partial charge is 0.310 e. The molecule has 2 aromatic carbocycles. The van der Waals surface area contributed by atoms with Gasteiger partial charge in [-0.1, -0.05) is 55.3 Å². The third-order valence-electron chi connectivity index (χ3n) is 4.90. The minimum absolute atomic E-state index is 0.00887. The first kappa shape index (κ1) is 18.0. The molecule has 140 valence electrons. The standard InChI is InChI=1S/C20H14Br2N4OS/c1-10-18-14(11-2-4-12(21)5-3-11)9-17(27)24-19(18)26(25-10)20-23-15-7-6-13(22)8-16(15)28-20/h2-8,14H,9H2,1H3,(H,24,27)/t14-/m1/s1. The molecule has 0 spiro atoms. The van der Waals surface area contributed by atoms with Gasteiger partial charge in [-0.15, -0.1) is 0 Å². The van der Waals surface area contributed by atoms with Crippen LogP contribution in [-0.2, 0) is 4.79 Å². The second-order valence-corrected chi connectivity index (χ2v) is 9.56. The zero-order valence-corrected chi connectivity index (χ0v) is 18.7. The van der Waals surface area contributed by atoms with E-state index in [1.54, 1.807) is 16.0 Å². The van der Waals surface area contributed by atoms with Gasteiger partial charge in [-0.3, -0.25) is 4.79 Å². The Labute approximate surface area is 182 Å². The van der Waals surface area contributed by atoms with Crippen LogP contribution in [0, 0.1) is 6.92 Å². The fraction of sp³-hybridized carbons (Fsp3) is 0.150. The molecule has 0 saturated carbocycles. The van der Waals surface area contributed by atoms with Gasteiger partial charge in [0, 0.05) is 26.8 Å². The van der Waals surface area contributed by atoms with Crippen LogP contribution in [0.3, 0.4) is 0 Å². The van der Waals surface area contributed by atoms with Gasteiger partial charge >= 0.3 is 0 Å². The molecule has 0 fully saturated rings. The molecule has 1 aliphatic heterocycles. The van der Waals surface area contributed by atoms with Gasteiger partial charge in [-0.25, -0.2) is 4.98 Å². The maximum Gasteiger partial charge on any atom is 0.226 e. The Morgan fingerprint density at radius 1 is 1.14 bits per heavy atom. The van der Waals surface area contributed by atoms with Crippen molar-refractivity contribution in [3.63, 3.8) is 0 Å². The van der Waals surface area contributed by atoms with Crippen molar-refractivity contribution >= 4 is 65.1 Å². The summed E-state index contributed by atoms with van der Waals surface area (Å²) in [7, 11) is 0. The number of carbonyl (C=O) groups is 1. The SMILES string of the molecule is Cc1nn(-c2nc3ccc(Br)cc3s2)c2c1[C@@H](c1ccc(Br)cc1)CC(=O)N2. The van der Waals surface area contributed by atoms with Gasteiger partial charge in [-0.2, -0.15) is 9.78 Å². The monoisotopic (exact) mass is 516 g/mol. The molecular formula is C20H14Br2N4OS. The molecule has 5 rings (SSSR count). The van der Waals surface area contributed by atoms with Crippen LogP contribution in [0.2, 0.25) is 0 Å². The lowest BCUT2D eigenvalue weighted by Crippen LogP contribution is -2.24. The highest BCUT2D eigenvalue weighted by molar-refractivity contribution is 9.10. The number of fused-ring (bicyclic) bond motifs is 2. The number of aromatic nitrogens is 3. The smallest absolute Gasteiger partial charge is 0.226 e. The first-order valence-corrected chi connectivity index (χ1v) is 11.1. The van der Waals surface area contributed by atoms with Gasteiger partial charge in [0.25, 0.3) is 0 Å². The maximum absolute atomic E-state index is 12.5. The summed E-state index contributed by atoms with van der Waals surface area (Å²) in [6.45, 7) is 1.99. The molecule has 2 aromatic heterocycles. The summed E-state index contributed by atoms with van der Waals surface area (Å²) in [6.07, 6.45) is 0.411. The predicted molar refractivity (Wildman–Crippen MR) is 118 cm³/mol. The summed E-state index contributed by atoms with van der Waals surface area (Å²) in [5.41, 5.74) is 3.98. The highest BCUT2D eigenvalue weighted by Crippen LogP contribution is 2.41. The first-order chi connectivity index (χ1) is 13.5. The number of halogens is 2. The lowest BCUT2D eigenvalue weighted by atomic mass is 9.86. The lowest BCUT2D eigenvalue weighted by molar-refractivity contribution is -0.116. The number of anilines is 1. The van der Waals surface area contributed by atoms with Crippen LogP contribution in [0.25, 0.3) is 15.3 Å². The van der Waals surface area contributed by atoms with Crippen molar-refractivity contribution in [1.29, 1.82) is 0 Å². The number of thiazole rings is 1. The summed E-state index contributed by atoms with van der Waals surface area (Å²) >= 11 is 8.54. The zero-order chi connectivity index (χ0) is 19.4. The minimum atomic E-state index is -0.0193. The van der Waals surface area contributed by atoms with Crippen LogP contribution in [0.15, 0.2) is 51.4 Å². The molecular weight excluding hydrogens is 504 g/mol. The maximum atomic E-state index is 12.5. The Kier molecular flexibility index (Phi) is 4.37. The molecule has 1 amide bonds. The topological polar surface area (TPSA) is 59.8 Å². The number of nitrogens with one attached hydrogen (secondary N) is 1. The molecule has 0 saturated heterocycles. The summed E-state index contributed by atoms with van der Waals surface area (Å²) in [6, 6.07) is 14.1. The number of nitrogens with zero attached hydrogens (tertiary/aromatic N) is 3. The van der Waals surface area contributed by atoms with Crippen molar-refractivity contribution in [3.05, 3.63) is 68.2 Å². The second kappa shape index (κ2) is 6.79. The predicted octanol–water partition coefficient (Wildman–Crippen LogP) is 5.79. The van der Waals surface area contributed by atoms with Gasteiger partial charge in [0.2, 0.25) is 11.0 Å². The van der Waals surface area contributed by atoms with Gasteiger partial charge in [0.15, 0.2) is 0 Å². The Hall–Kier alpha value is -2.03. The van der Waals surface area contributed by atoms with Crippen LogP contribution in [0.1, 0.15) is 29.2 Å². The number of benzene rings is 2. The molecule has 28 heavy (non-hydrogen) atoms. The normalized spacial score (nSPS) is 16.2. The first-order valence-electron chi connectivity index (χ1n) is 8.71. The van der Waals surface area contributed by atoms with E-state index in [2.05, 4.69) is 49.3 Å². The molecule has 4 aromatic rings. The molecule has 1 N–H and O–H groups in total. The highest BCUT2D eigenvalue weighted by Gasteiger charge is 2.33. The van der Waals surface area contributed by atoms with Gasteiger partial charge in [0.1, 0.15) is 5.82 Å². The van der Waals surface area contributed by atoms with E-state index in [1.165, 1.54) is 0 Å². The Bertz CT molecular complexity index is 1230. The van der Waals surface area contributed by atoms with E-state index in [1.807, 2.05) is 37.3 Å². The fourth-order valence-electron chi connectivity index (χ4n) is 3.64. The van der Waals surface area contributed by atoms with Gasteiger partial charge in [0.05, 0.1) is 15.9 Å². The number of amides is 1. The van der Waals surface area contributed by atoms with Crippen molar-refractivity contribution in [2.45, 2.75) is 19.3 Å². The Balaban J connectivity index is 1.67. The third kappa shape index (κ3) is 3.00. The van der Waals surface area contributed by atoms with Crippen molar-refractivity contribution in [2.75, 3.05) is 5.32 Å². The number of carbonyl (C=O) groups excluding carboxylic acids is 1. The average molecular weight is 518 g/mol. The van der Waals surface area contributed by atoms with Gasteiger partial charge in [-0.05, 0) is 42.8 Å². The number of hydrogen-bond donors (Lipinski definition) is 1. The van der Waals surface area contributed by atoms with Crippen LogP contribution in [0.4, 0.5) is 5.82 Å². The molecule has 0 aliphatic carbocycles. The van der Waals surface area contributed by atoms with Crippen molar-refractivity contribution in [1.82, 2.24) is 14.8 Å². The van der Waals surface area contributed by atoms with Crippen LogP contribution >= 0.6 is 43.2 Å². The molecule has 0 bridgehead atoms. The summed E-state index contributed by atoms with van der Waals surface area (Å²) < 4.78 is 4.87. The average Bonchev–Trinajstić information content (AvgIpc) is 3.22. The summed E-state index contributed by atoms with van der Waals surface area (Å²) in [5, 5.41) is 8.51. The van der Waals surface area contributed by atoms with E-state index < -0.39 is 0 Å². The molecule has 3 heterocycles. The number of aryl methyl sites for hydroxylation is 1. The van der Waals surface area contributed by atoms with Crippen LogP contribution in [0.5, 0.6) is 0 Å². The second-order valence-electron chi connectivity index (χ2n) is 6.72. The van der Waals surface area contributed by atoms with E-state index in [4.69, 9.17) is 10.1 Å². The van der Waals surface area contributed by atoms with E-state index in [0.29, 0.717) is 6.42 Å². The minimum Gasteiger partial charge on any atom is -0.310 e. The van der Waals surface area contributed by atoms with Crippen molar-refractivity contribution in [2.24, 2.45) is 0 Å². The molecule has 0 unspecified atom stereocenters. The van der Waals surface area contributed by atoms with Crippen LogP contribution in [-0.4, -0.2) is 20.7 Å². The number of hydrogen-bond acceptors (Lipinski definition) is 4. The Morgan fingerprint density at radius 2 is 1.89 bits per heavy atom. The Morgan fingerprint density at radius 3 is 2.68 bits per heavy atom. The molecule has 0 radical (unpaired) electrons. The zero-order valence-electron chi connectivity index (χ0n) is 14.7. The van der Waals surface area contributed by atoms with E-state index in [0.717, 1.165) is 46.9 Å². The number of rotatable bonds is 2. The van der Waals surface area contributed by atoms with E-state index in [9.17, 15) is 4.79 Å². The third-order valence-corrected chi connectivity index (χ3v) is 6.91. The van der Waals surface area contributed by atoms with Crippen LogP contribution < -0.4 is 5.32 Å². The molecule has 5 nitrogen and oxygen atoms in total. The molecule has 8 heteroatoms. The van der Waals surface area contributed by atoms with Crippen molar-refractivity contribution in [3.8, 4) is 5.13 Å². The highest BCUT2D eigenvalue weighted by atomic mass is 79.9.